The van der Waals surface area contributed by atoms with Crippen LogP contribution < -0.4 is 19.1 Å². The van der Waals surface area contributed by atoms with Crippen molar-refractivity contribution in [2.45, 2.75) is 55.7 Å². The van der Waals surface area contributed by atoms with Crippen LogP contribution in [0.1, 0.15) is 71.9 Å². The number of hydrogen-bond acceptors (Lipinski definition) is 4. The SMILES string of the molecule is COc1cc2c3c(c4c(c2cc1OC)-c1ccc(C(F)(F)F)cc1C41CCCCCC1)C=CC(c1ccccc1)(c1ccc(N(C)C)cc1)O3. The van der Waals surface area contributed by atoms with Gasteiger partial charge < -0.3 is 19.1 Å². The van der Waals surface area contributed by atoms with E-state index in [9.17, 15) is 13.2 Å². The van der Waals surface area contributed by atoms with Crippen LogP contribution in [0.2, 0.25) is 0 Å². The molecule has 0 amide bonds. The second kappa shape index (κ2) is 11.9. The number of alkyl halides is 3. The Morgan fingerprint density at radius 1 is 0.740 bits per heavy atom. The molecule has 256 valence electrons. The summed E-state index contributed by atoms with van der Waals surface area (Å²) in [6.45, 7) is 0. The van der Waals surface area contributed by atoms with Crippen LogP contribution >= 0.6 is 0 Å². The van der Waals surface area contributed by atoms with Crippen molar-refractivity contribution in [2.24, 2.45) is 0 Å². The van der Waals surface area contributed by atoms with Gasteiger partial charge in [0, 0.05) is 47.3 Å². The van der Waals surface area contributed by atoms with Gasteiger partial charge in [0.1, 0.15) is 5.75 Å². The average Bonchev–Trinajstić information content (AvgIpc) is 3.23. The number of hydrogen-bond donors (Lipinski definition) is 0. The third kappa shape index (κ3) is 4.80. The Bertz CT molecular complexity index is 2130. The number of methoxy groups -OCH3 is 2. The van der Waals surface area contributed by atoms with E-state index < -0.39 is 22.8 Å². The molecule has 1 heterocycles. The van der Waals surface area contributed by atoms with Gasteiger partial charge >= 0.3 is 6.18 Å². The lowest BCUT2D eigenvalue weighted by molar-refractivity contribution is -0.137. The quantitative estimate of drug-likeness (QED) is 0.186. The van der Waals surface area contributed by atoms with Crippen LogP contribution in [0.3, 0.4) is 0 Å². The molecule has 0 radical (unpaired) electrons. The summed E-state index contributed by atoms with van der Waals surface area (Å²) in [5.74, 6) is 1.79. The third-order valence-electron chi connectivity index (χ3n) is 11.1. The van der Waals surface area contributed by atoms with Crippen molar-refractivity contribution < 1.29 is 27.4 Å². The summed E-state index contributed by atoms with van der Waals surface area (Å²) in [6, 6.07) is 26.9. The number of ether oxygens (including phenoxy) is 3. The Morgan fingerprint density at radius 2 is 1.38 bits per heavy atom. The lowest BCUT2D eigenvalue weighted by Gasteiger charge is -2.39. The second-order valence-electron chi connectivity index (χ2n) is 14.0. The Balaban J connectivity index is 1.48. The van der Waals surface area contributed by atoms with Gasteiger partial charge in [-0.05, 0) is 83.0 Å². The minimum atomic E-state index is -4.45. The summed E-state index contributed by atoms with van der Waals surface area (Å²) in [5.41, 5.74) is 5.38. The highest BCUT2D eigenvalue weighted by Gasteiger charge is 2.49. The van der Waals surface area contributed by atoms with Crippen molar-refractivity contribution in [2.75, 3.05) is 33.2 Å². The van der Waals surface area contributed by atoms with E-state index in [1.165, 1.54) is 12.1 Å². The molecule has 1 aliphatic heterocycles. The zero-order valence-corrected chi connectivity index (χ0v) is 28.8. The molecule has 4 nitrogen and oxygen atoms in total. The summed E-state index contributed by atoms with van der Waals surface area (Å²) in [6.07, 6.45) is 5.37. The summed E-state index contributed by atoms with van der Waals surface area (Å²) in [4.78, 5) is 2.07. The van der Waals surface area contributed by atoms with E-state index in [4.69, 9.17) is 14.2 Å². The normalized spacial score (nSPS) is 18.9. The Kier molecular flexibility index (Phi) is 7.66. The van der Waals surface area contributed by atoms with Gasteiger partial charge in [-0.2, -0.15) is 13.2 Å². The maximum atomic E-state index is 14.3. The zero-order valence-electron chi connectivity index (χ0n) is 28.8. The van der Waals surface area contributed by atoms with Crippen molar-refractivity contribution in [3.05, 3.63) is 124 Å². The highest BCUT2D eigenvalue weighted by atomic mass is 19.4. The number of nitrogens with zero attached hydrogens (tertiary/aromatic N) is 1. The molecule has 3 aliphatic rings. The molecule has 0 aromatic heterocycles. The molecule has 5 aromatic carbocycles. The molecule has 1 atom stereocenters. The molecule has 8 rings (SSSR count). The van der Waals surface area contributed by atoms with Crippen molar-refractivity contribution >= 4 is 22.5 Å². The van der Waals surface area contributed by atoms with Gasteiger partial charge in [0.25, 0.3) is 0 Å². The molecule has 0 bridgehead atoms. The van der Waals surface area contributed by atoms with Crippen LogP contribution in [-0.2, 0) is 17.2 Å². The minimum Gasteiger partial charge on any atom is -0.493 e. The highest BCUT2D eigenvalue weighted by Crippen LogP contribution is 2.63. The fraction of sp³-hybridized carbons (Fsp3) is 0.302. The van der Waals surface area contributed by atoms with Gasteiger partial charge in [-0.15, -0.1) is 0 Å². The Hall–Kier alpha value is -4.91. The van der Waals surface area contributed by atoms with E-state index in [-0.39, 0.29) is 0 Å². The van der Waals surface area contributed by atoms with Crippen molar-refractivity contribution in [1.82, 2.24) is 0 Å². The molecule has 7 heteroatoms. The van der Waals surface area contributed by atoms with Crippen LogP contribution in [0.5, 0.6) is 17.2 Å². The van der Waals surface area contributed by atoms with Gasteiger partial charge in [0.15, 0.2) is 17.1 Å². The predicted molar refractivity (Wildman–Crippen MR) is 194 cm³/mol. The first kappa shape index (κ1) is 32.3. The molecular formula is C43H40F3NO3. The highest BCUT2D eigenvalue weighted by molar-refractivity contribution is 6.09. The molecule has 1 saturated carbocycles. The topological polar surface area (TPSA) is 30.9 Å². The van der Waals surface area contributed by atoms with Gasteiger partial charge in [-0.3, -0.25) is 0 Å². The smallest absolute Gasteiger partial charge is 0.416 e. The lowest BCUT2D eigenvalue weighted by atomic mass is 9.69. The number of rotatable bonds is 5. The van der Waals surface area contributed by atoms with E-state index in [2.05, 4.69) is 53.5 Å². The maximum absolute atomic E-state index is 14.3. The summed E-state index contributed by atoms with van der Waals surface area (Å²) >= 11 is 0. The summed E-state index contributed by atoms with van der Waals surface area (Å²) < 4.78 is 62.2. The molecule has 2 aliphatic carbocycles. The first-order chi connectivity index (χ1) is 24.1. The van der Waals surface area contributed by atoms with Crippen molar-refractivity contribution in [3.8, 4) is 28.4 Å². The first-order valence-corrected chi connectivity index (χ1v) is 17.3. The van der Waals surface area contributed by atoms with E-state index in [0.717, 1.165) is 93.9 Å². The standard InChI is InChI=1S/C43H40F3NO3/c1-47(2)30-17-14-28(15-18-30)42(27-12-8-7-9-13-27)23-20-32-39-38(33-25-36(48-3)37(49-4)26-34(33)40(32)50-42)31-19-16-29(43(44,45)46)24-35(31)41(39)21-10-5-6-11-22-41/h7-9,12-20,23-26H,5-6,10-11,21-22H2,1-4H3. The fourth-order valence-electron chi connectivity index (χ4n) is 8.73. The van der Waals surface area contributed by atoms with Crippen LogP contribution in [0.4, 0.5) is 18.9 Å². The largest absolute Gasteiger partial charge is 0.493 e. The first-order valence-electron chi connectivity index (χ1n) is 17.3. The summed E-state index contributed by atoms with van der Waals surface area (Å²) in [7, 11) is 7.25. The third-order valence-corrected chi connectivity index (χ3v) is 11.1. The van der Waals surface area contributed by atoms with Crippen LogP contribution in [0, 0.1) is 0 Å². The number of benzene rings is 5. The van der Waals surface area contributed by atoms with Gasteiger partial charge in [-0.25, -0.2) is 0 Å². The average molecular weight is 676 g/mol. The van der Waals surface area contributed by atoms with Crippen molar-refractivity contribution in [1.29, 1.82) is 0 Å². The number of fused-ring (bicyclic) bond motifs is 10. The van der Waals surface area contributed by atoms with Crippen LogP contribution in [-0.4, -0.2) is 28.3 Å². The minimum absolute atomic E-state index is 0.552. The number of anilines is 1. The predicted octanol–water partition coefficient (Wildman–Crippen LogP) is 10.9. The van der Waals surface area contributed by atoms with Gasteiger partial charge in [0.05, 0.1) is 19.8 Å². The molecule has 0 saturated heterocycles. The van der Waals surface area contributed by atoms with E-state index in [1.807, 2.05) is 44.4 Å². The molecule has 1 fully saturated rings. The molecule has 5 aromatic rings. The lowest BCUT2D eigenvalue weighted by Crippen LogP contribution is -2.35. The van der Waals surface area contributed by atoms with E-state index >= 15 is 0 Å². The maximum Gasteiger partial charge on any atom is 0.416 e. The molecular weight excluding hydrogens is 635 g/mol. The van der Waals surface area contributed by atoms with Gasteiger partial charge in [0.2, 0.25) is 0 Å². The zero-order chi connectivity index (χ0) is 34.8. The Labute approximate surface area is 291 Å². The Morgan fingerprint density at radius 3 is 2.00 bits per heavy atom. The molecule has 1 spiro atoms. The molecule has 1 unspecified atom stereocenters. The van der Waals surface area contributed by atoms with E-state index in [1.54, 1.807) is 20.3 Å². The van der Waals surface area contributed by atoms with Gasteiger partial charge in [-0.1, -0.05) is 80.3 Å². The fourth-order valence-corrected chi connectivity index (χ4v) is 8.73. The number of halogens is 3. The van der Waals surface area contributed by atoms with Crippen molar-refractivity contribution in [3.63, 3.8) is 0 Å². The second-order valence-corrected chi connectivity index (χ2v) is 14.0. The van der Waals surface area contributed by atoms with Crippen LogP contribution in [0.25, 0.3) is 28.0 Å². The molecule has 50 heavy (non-hydrogen) atoms. The summed E-state index contributed by atoms with van der Waals surface area (Å²) in [5, 5.41) is 1.70. The van der Waals surface area contributed by atoms with Crippen LogP contribution in [0.15, 0.2) is 91.0 Å². The van der Waals surface area contributed by atoms with E-state index in [0.29, 0.717) is 17.2 Å². The monoisotopic (exact) mass is 675 g/mol. The molecule has 0 N–H and O–H groups in total.